The highest BCUT2D eigenvalue weighted by molar-refractivity contribution is 5.82. The van der Waals surface area contributed by atoms with Crippen LogP contribution in [0.25, 0.3) is 0 Å². The molecule has 0 unspecified atom stereocenters. The highest BCUT2D eigenvalue weighted by Crippen LogP contribution is 2.04. The first-order chi connectivity index (χ1) is 9.49. The number of carbonyl (C=O) groups excluding carboxylic acids is 2. The van der Waals surface area contributed by atoms with Crippen molar-refractivity contribution in [2.75, 3.05) is 0 Å². The maximum atomic E-state index is 11.5. The molecule has 20 heavy (non-hydrogen) atoms. The zero-order valence-corrected chi connectivity index (χ0v) is 11.2. The monoisotopic (exact) mass is 279 g/mol. The van der Waals surface area contributed by atoms with E-state index in [2.05, 4.69) is 5.32 Å². The molecule has 6 nitrogen and oxygen atoms in total. The quantitative estimate of drug-likeness (QED) is 0.729. The van der Waals surface area contributed by atoms with Crippen molar-refractivity contribution in [2.45, 2.75) is 32.4 Å². The van der Waals surface area contributed by atoms with Gasteiger partial charge in [-0.1, -0.05) is 30.3 Å². The van der Waals surface area contributed by atoms with Gasteiger partial charge in [0.25, 0.3) is 0 Å². The number of rotatable bonds is 7. The highest BCUT2D eigenvalue weighted by atomic mass is 16.5. The fourth-order valence-corrected chi connectivity index (χ4v) is 1.58. The number of hydrogen-bond acceptors (Lipinski definition) is 4. The molecule has 0 saturated heterocycles. The number of aliphatic carboxylic acids is 1. The van der Waals surface area contributed by atoms with Gasteiger partial charge in [-0.05, 0) is 12.0 Å². The Morgan fingerprint density at radius 2 is 1.90 bits per heavy atom. The molecule has 0 radical (unpaired) electrons. The summed E-state index contributed by atoms with van der Waals surface area (Å²) in [5.41, 5.74) is 0.859. The number of carboxylic acid groups (broad SMARTS) is 1. The molecule has 1 amide bonds. The standard InChI is InChI=1S/C14H17NO5/c1-10(16)15-12(14(18)19)7-8-13(17)20-9-11-5-3-2-4-6-11/h2-6,12H,7-9H2,1H3,(H,15,16)(H,18,19)/t12-/m0/s1. The Morgan fingerprint density at radius 3 is 2.45 bits per heavy atom. The van der Waals surface area contributed by atoms with Crippen LogP contribution in [-0.2, 0) is 25.7 Å². The zero-order valence-electron chi connectivity index (χ0n) is 11.2. The molecule has 1 aromatic carbocycles. The highest BCUT2D eigenvalue weighted by Gasteiger charge is 2.19. The topological polar surface area (TPSA) is 92.7 Å². The molecule has 1 aromatic rings. The van der Waals surface area contributed by atoms with E-state index in [4.69, 9.17) is 9.84 Å². The van der Waals surface area contributed by atoms with Crippen LogP contribution in [0.15, 0.2) is 30.3 Å². The van der Waals surface area contributed by atoms with E-state index in [9.17, 15) is 14.4 Å². The van der Waals surface area contributed by atoms with Crippen LogP contribution >= 0.6 is 0 Å². The second-order valence-corrected chi connectivity index (χ2v) is 4.28. The third-order valence-electron chi connectivity index (χ3n) is 2.56. The van der Waals surface area contributed by atoms with E-state index >= 15 is 0 Å². The van der Waals surface area contributed by atoms with Crippen LogP contribution in [-0.4, -0.2) is 29.0 Å². The number of carboxylic acids is 1. The first-order valence-electron chi connectivity index (χ1n) is 6.18. The SMILES string of the molecule is CC(=O)N[C@@H](CCC(=O)OCc1ccccc1)C(=O)O. The number of amides is 1. The number of esters is 1. The molecule has 0 aliphatic carbocycles. The van der Waals surface area contributed by atoms with Crippen molar-refractivity contribution < 1.29 is 24.2 Å². The van der Waals surface area contributed by atoms with Gasteiger partial charge in [-0.3, -0.25) is 9.59 Å². The molecule has 2 N–H and O–H groups in total. The van der Waals surface area contributed by atoms with Gasteiger partial charge in [0.15, 0.2) is 0 Å². The molecular formula is C14H17NO5. The summed E-state index contributed by atoms with van der Waals surface area (Å²) < 4.78 is 5.02. The lowest BCUT2D eigenvalue weighted by Gasteiger charge is -2.12. The molecule has 0 saturated carbocycles. The fraction of sp³-hybridized carbons (Fsp3) is 0.357. The fourth-order valence-electron chi connectivity index (χ4n) is 1.58. The van der Waals surface area contributed by atoms with E-state index in [0.717, 1.165) is 5.56 Å². The van der Waals surface area contributed by atoms with Gasteiger partial charge in [0, 0.05) is 13.3 Å². The third-order valence-corrected chi connectivity index (χ3v) is 2.56. The number of hydrogen-bond donors (Lipinski definition) is 2. The van der Waals surface area contributed by atoms with Gasteiger partial charge in [0.1, 0.15) is 12.6 Å². The van der Waals surface area contributed by atoms with Gasteiger partial charge in [-0.2, -0.15) is 0 Å². The molecule has 0 heterocycles. The van der Waals surface area contributed by atoms with E-state index in [-0.39, 0.29) is 19.4 Å². The van der Waals surface area contributed by atoms with Crippen LogP contribution in [0.3, 0.4) is 0 Å². The second kappa shape index (κ2) is 7.93. The minimum absolute atomic E-state index is 0.00252. The molecule has 0 fully saturated rings. The molecule has 6 heteroatoms. The third kappa shape index (κ3) is 5.99. The molecule has 1 atom stereocenters. The van der Waals surface area contributed by atoms with Crippen molar-refractivity contribution in [2.24, 2.45) is 0 Å². The summed E-state index contributed by atoms with van der Waals surface area (Å²) in [4.78, 5) is 33.2. The van der Waals surface area contributed by atoms with E-state index in [1.807, 2.05) is 30.3 Å². The number of nitrogens with one attached hydrogen (secondary N) is 1. The molecule has 0 aliphatic rings. The summed E-state index contributed by atoms with van der Waals surface area (Å²) in [6, 6.07) is 8.10. The molecule has 0 spiro atoms. The second-order valence-electron chi connectivity index (χ2n) is 4.28. The number of ether oxygens (including phenoxy) is 1. The predicted octanol–water partition coefficient (Wildman–Crippen LogP) is 1.10. The number of benzene rings is 1. The van der Waals surface area contributed by atoms with Crippen LogP contribution in [0, 0.1) is 0 Å². The lowest BCUT2D eigenvalue weighted by atomic mass is 10.1. The van der Waals surface area contributed by atoms with Crippen molar-refractivity contribution in [3.8, 4) is 0 Å². The molecule has 1 rings (SSSR count). The average molecular weight is 279 g/mol. The van der Waals surface area contributed by atoms with Crippen LogP contribution in [0.5, 0.6) is 0 Å². The van der Waals surface area contributed by atoms with Gasteiger partial charge in [0.05, 0.1) is 0 Å². The first-order valence-corrected chi connectivity index (χ1v) is 6.18. The van der Waals surface area contributed by atoms with E-state index in [1.165, 1.54) is 6.92 Å². The summed E-state index contributed by atoms with van der Waals surface area (Å²) >= 11 is 0. The molecule has 0 aromatic heterocycles. The smallest absolute Gasteiger partial charge is 0.326 e. The maximum Gasteiger partial charge on any atom is 0.326 e. The molecule has 0 aliphatic heterocycles. The Morgan fingerprint density at radius 1 is 1.25 bits per heavy atom. The summed E-state index contributed by atoms with van der Waals surface area (Å²) in [5, 5.41) is 11.1. The Balaban J connectivity index is 2.34. The van der Waals surface area contributed by atoms with Crippen molar-refractivity contribution in [1.29, 1.82) is 0 Å². The zero-order chi connectivity index (χ0) is 15.0. The van der Waals surface area contributed by atoms with E-state index in [1.54, 1.807) is 0 Å². The molecular weight excluding hydrogens is 262 g/mol. The van der Waals surface area contributed by atoms with Crippen molar-refractivity contribution >= 4 is 17.8 Å². The molecule has 108 valence electrons. The first kappa shape index (κ1) is 15.7. The van der Waals surface area contributed by atoms with Crippen LogP contribution < -0.4 is 5.32 Å². The Bertz CT molecular complexity index is 472. The molecule has 0 bridgehead atoms. The lowest BCUT2D eigenvalue weighted by Crippen LogP contribution is -2.39. The number of carbonyl (C=O) groups is 3. The summed E-state index contributed by atoms with van der Waals surface area (Å²) in [6.45, 7) is 1.38. The van der Waals surface area contributed by atoms with Crippen molar-refractivity contribution in [3.63, 3.8) is 0 Å². The predicted molar refractivity (Wildman–Crippen MR) is 70.7 cm³/mol. The largest absolute Gasteiger partial charge is 0.480 e. The lowest BCUT2D eigenvalue weighted by molar-refractivity contribution is -0.146. The van der Waals surface area contributed by atoms with Gasteiger partial charge in [-0.15, -0.1) is 0 Å². The average Bonchev–Trinajstić information content (AvgIpc) is 2.41. The maximum absolute atomic E-state index is 11.5. The summed E-state index contributed by atoms with van der Waals surface area (Å²) in [7, 11) is 0. The Labute approximate surface area is 116 Å². The Hall–Kier alpha value is -2.37. The van der Waals surface area contributed by atoms with Crippen molar-refractivity contribution in [3.05, 3.63) is 35.9 Å². The van der Waals surface area contributed by atoms with Gasteiger partial charge in [-0.25, -0.2) is 4.79 Å². The summed E-state index contributed by atoms with van der Waals surface area (Å²) in [6.07, 6.45) is -0.0629. The Kier molecular flexibility index (Phi) is 6.22. The van der Waals surface area contributed by atoms with Crippen LogP contribution in [0.2, 0.25) is 0 Å². The minimum Gasteiger partial charge on any atom is -0.480 e. The van der Waals surface area contributed by atoms with Gasteiger partial charge >= 0.3 is 11.9 Å². The van der Waals surface area contributed by atoms with Crippen LogP contribution in [0.1, 0.15) is 25.3 Å². The minimum atomic E-state index is -1.17. The normalized spacial score (nSPS) is 11.4. The van der Waals surface area contributed by atoms with Gasteiger partial charge < -0.3 is 15.2 Å². The van der Waals surface area contributed by atoms with Crippen LogP contribution in [0.4, 0.5) is 0 Å². The summed E-state index contributed by atoms with van der Waals surface area (Å²) in [5.74, 6) is -2.11. The van der Waals surface area contributed by atoms with E-state index in [0.29, 0.717) is 0 Å². The van der Waals surface area contributed by atoms with E-state index < -0.39 is 23.9 Å². The van der Waals surface area contributed by atoms with Crippen molar-refractivity contribution in [1.82, 2.24) is 5.32 Å². The van der Waals surface area contributed by atoms with Gasteiger partial charge in [0.2, 0.25) is 5.91 Å².